The molecule has 6 nitrogen and oxygen atoms in total. The quantitative estimate of drug-likeness (QED) is 0.715. The van der Waals surface area contributed by atoms with Crippen LogP contribution < -0.4 is 10.0 Å². The maximum atomic E-state index is 12.2. The molecule has 2 rings (SSSR count). The monoisotopic (exact) mass is 385 g/mol. The fraction of sp³-hybridized carbons (Fsp3) is 0.250. The van der Waals surface area contributed by atoms with Gasteiger partial charge in [-0.15, -0.1) is 0 Å². The van der Waals surface area contributed by atoms with Crippen molar-refractivity contribution in [2.24, 2.45) is 0 Å². The molecular weight excluding hydrogens is 362 g/mol. The molecule has 0 radical (unpaired) electrons. The Bertz CT molecular complexity index is 914. The molecule has 27 heavy (non-hydrogen) atoms. The highest BCUT2D eigenvalue weighted by Gasteiger charge is 2.12. The molecule has 2 N–H and O–H groups in total. The Hall–Kier alpha value is -2.66. The summed E-state index contributed by atoms with van der Waals surface area (Å²) in [7, 11) is -1.67. The first-order chi connectivity index (χ1) is 12.9. The van der Waals surface area contributed by atoms with Crippen LogP contribution >= 0.6 is 0 Å². The summed E-state index contributed by atoms with van der Waals surface area (Å²) < 4.78 is 26.9. The highest BCUT2D eigenvalue weighted by atomic mass is 32.2. The number of hydrogen-bond donors (Lipinski definition) is 2. The van der Waals surface area contributed by atoms with Crippen molar-refractivity contribution < 1.29 is 13.2 Å². The number of rotatable bonds is 7. The van der Waals surface area contributed by atoms with Gasteiger partial charge in [0.1, 0.15) is 0 Å². The molecule has 0 atom stereocenters. The fourth-order valence-corrected chi connectivity index (χ4v) is 3.26. The number of nitrogens with one attached hydrogen (secondary N) is 2. The SMILES string of the molecule is CC(=O)Nc1ccc(S(=O)(=O)NCC#CCN(C)Cc2ccccc2)cc1. The van der Waals surface area contributed by atoms with Gasteiger partial charge in [-0.1, -0.05) is 42.2 Å². The second-order valence-corrected chi connectivity index (χ2v) is 7.81. The van der Waals surface area contributed by atoms with Gasteiger partial charge in [-0.25, -0.2) is 8.42 Å². The second-order valence-electron chi connectivity index (χ2n) is 6.04. The molecule has 142 valence electrons. The maximum absolute atomic E-state index is 12.2. The summed E-state index contributed by atoms with van der Waals surface area (Å²) in [6.45, 7) is 2.75. The van der Waals surface area contributed by atoms with Crippen molar-refractivity contribution >= 4 is 21.6 Å². The van der Waals surface area contributed by atoms with E-state index in [4.69, 9.17) is 0 Å². The van der Waals surface area contributed by atoms with E-state index >= 15 is 0 Å². The Morgan fingerprint density at radius 2 is 1.70 bits per heavy atom. The lowest BCUT2D eigenvalue weighted by Crippen LogP contribution is -2.24. The van der Waals surface area contributed by atoms with Gasteiger partial charge in [0.15, 0.2) is 0 Å². The van der Waals surface area contributed by atoms with Crippen molar-refractivity contribution in [2.45, 2.75) is 18.4 Å². The van der Waals surface area contributed by atoms with E-state index in [1.54, 1.807) is 12.1 Å². The van der Waals surface area contributed by atoms with E-state index in [-0.39, 0.29) is 17.3 Å². The molecule has 2 aromatic rings. The summed E-state index contributed by atoms with van der Waals surface area (Å²) in [5.41, 5.74) is 1.74. The molecule has 0 heterocycles. The molecule has 0 bridgehead atoms. The van der Waals surface area contributed by atoms with Crippen LogP contribution in [0.15, 0.2) is 59.5 Å². The van der Waals surface area contributed by atoms with Crippen molar-refractivity contribution in [2.75, 3.05) is 25.5 Å². The molecule has 7 heteroatoms. The standard InChI is InChI=1S/C20H23N3O3S/c1-17(24)22-19-10-12-20(13-11-19)27(25,26)21-14-6-7-15-23(2)16-18-8-4-3-5-9-18/h3-5,8-13,21H,14-16H2,1-2H3,(H,22,24). The third-order valence-corrected chi connectivity index (χ3v) is 5.02. The number of carbonyl (C=O) groups excluding carboxylic acids is 1. The van der Waals surface area contributed by atoms with Crippen LogP contribution in [0, 0.1) is 11.8 Å². The van der Waals surface area contributed by atoms with Crippen LogP contribution in [0.2, 0.25) is 0 Å². The second kappa shape index (κ2) is 9.88. The molecule has 0 fully saturated rings. The first-order valence-electron chi connectivity index (χ1n) is 8.42. The lowest BCUT2D eigenvalue weighted by molar-refractivity contribution is -0.114. The molecule has 0 aliphatic carbocycles. The van der Waals surface area contributed by atoms with Gasteiger partial charge in [-0.2, -0.15) is 4.72 Å². The molecule has 2 aromatic carbocycles. The van der Waals surface area contributed by atoms with E-state index in [0.717, 1.165) is 6.54 Å². The number of carbonyl (C=O) groups is 1. The molecule has 0 saturated heterocycles. The fourth-order valence-electron chi connectivity index (χ4n) is 2.34. The van der Waals surface area contributed by atoms with E-state index in [1.165, 1.54) is 24.6 Å². The first kappa shape index (κ1) is 20.6. The predicted octanol–water partition coefficient (Wildman–Crippen LogP) is 2.06. The summed E-state index contributed by atoms with van der Waals surface area (Å²) in [5.74, 6) is 5.58. The van der Waals surface area contributed by atoms with Gasteiger partial charge in [0, 0.05) is 19.2 Å². The van der Waals surface area contributed by atoms with Crippen LogP contribution in [0.1, 0.15) is 12.5 Å². The number of sulfonamides is 1. The van der Waals surface area contributed by atoms with Crippen LogP contribution in [0.3, 0.4) is 0 Å². The van der Waals surface area contributed by atoms with E-state index in [9.17, 15) is 13.2 Å². The molecule has 0 aliphatic rings. The molecule has 0 saturated carbocycles. The molecule has 0 spiro atoms. The number of amides is 1. The van der Waals surface area contributed by atoms with Gasteiger partial charge < -0.3 is 5.32 Å². The average molecular weight is 385 g/mol. The highest BCUT2D eigenvalue weighted by molar-refractivity contribution is 7.89. The summed E-state index contributed by atoms with van der Waals surface area (Å²) in [6, 6.07) is 16.0. The zero-order valence-corrected chi connectivity index (χ0v) is 16.2. The van der Waals surface area contributed by atoms with Gasteiger partial charge in [0.25, 0.3) is 0 Å². The summed E-state index contributed by atoms with van der Waals surface area (Å²) in [6.07, 6.45) is 0. The Kier molecular flexibility index (Phi) is 7.55. The van der Waals surface area contributed by atoms with Gasteiger partial charge in [-0.05, 0) is 36.9 Å². The van der Waals surface area contributed by atoms with Crippen LogP contribution in [0.5, 0.6) is 0 Å². The van der Waals surface area contributed by atoms with E-state index in [0.29, 0.717) is 12.2 Å². The van der Waals surface area contributed by atoms with Crippen LogP contribution in [-0.4, -0.2) is 39.4 Å². The Morgan fingerprint density at radius 3 is 2.33 bits per heavy atom. The lowest BCUT2D eigenvalue weighted by atomic mass is 10.2. The zero-order valence-electron chi connectivity index (χ0n) is 15.4. The van der Waals surface area contributed by atoms with Crippen molar-refractivity contribution in [3.63, 3.8) is 0 Å². The minimum absolute atomic E-state index is 0.0367. The van der Waals surface area contributed by atoms with Crippen molar-refractivity contribution in [3.05, 3.63) is 60.2 Å². The highest BCUT2D eigenvalue weighted by Crippen LogP contribution is 2.13. The number of nitrogens with zero attached hydrogens (tertiary/aromatic N) is 1. The zero-order chi connectivity index (χ0) is 19.7. The van der Waals surface area contributed by atoms with Gasteiger partial charge in [0.05, 0.1) is 18.0 Å². The third kappa shape index (κ3) is 7.23. The van der Waals surface area contributed by atoms with E-state index in [1.807, 2.05) is 25.2 Å². The topological polar surface area (TPSA) is 78.5 Å². The molecule has 0 aliphatic heterocycles. The Morgan fingerprint density at radius 1 is 1.04 bits per heavy atom. The first-order valence-corrected chi connectivity index (χ1v) is 9.90. The summed E-state index contributed by atoms with van der Waals surface area (Å²) >= 11 is 0. The van der Waals surface area contributed by atoms with Crippen LogP contribution in [-0.2, 0) is 21.4 Å². The minimum Gasteiger partial charge on any atom is -0.326 e. The number of anilines is 1. The minimum atomic E-state index is -3.63. The molecule has 0 unspecified atom stereocenters. The summed E-state index contributed by atoms with van der Waals surface area (Å²) in [5, 5.41) is 2.59. The van der Waals surface area contributed by atoms with Crippen LogP contribution in [0.4, 0.5) is 5.69 Å². The number of benzene rings is 2. The normalized spacial score (nSPS) is 10.9. The molecule has 1 amide bonds. The Balaban J connectivity index is 1.82. The van der Waals surface area contributed by atoms with Crippen molar-refractivity contribution in [3.8, 4) is 11.8 Å². The largest absolute Gasteiger partial charge is 0.326 e. The maximum Gasteiger partial charge on any atom is 0.241 e. The van der Waals surface area contributed by atoms with Gasteiger partial charge in [-0.3, -0.25) is 9.69 Å². The van der Waals surface area contributed by atoms with Crippen molar-refractivity contribution in [1.29, 1.82) is 0 Å². The number of hydrogen-bond acceptors (Lipinski definition) is 4. The smallest absolute Gasteiger partial charge is 0.241 e. The lowest BCUT2D eigenvalue weighted by Gasteiger charge is -2.12. The van der Waals surface area contributed by atoms with Crippen LogP contribution in [0.25, 0.3) is 0 Å². The average Bonchev–Trinajstić information content (AvgIpc) is 2.62. The van der Waals surface area contributed by atoms with Gasteiger partial charge >= 0.3 is 0 Å². The van der Waals surface area contributed by atoms with E-state index in [2.05, 4.69) is 38.9 Å². The molecule has 0 aromatic heterocycles. The predicted molar refractivity (Wildman–Crippen MR) is 106 cm³/mol. The van der Waals surface area contributed by atoms with Gasteiger partial charge in [0.2, 0.25) is 15.9 Å². The Labute approximate surface area is 160 Å². The molecular formula is C20H23N3O3S. The van der Waals surface area contributed by atoms with Crippen molar-refractivity contribution in [1.82, 2.24) is 9.62 Å². The third-order valence-electron chi connectivity index (χ3n) is 3.60. The summed E-state index contributed by atoms with van der Waals surface area (Å²) in [4.78, 5) is 13.2. The van der Waals surface area contributed by atoms with E-state index < -0.39 is 10.0 Å².